The van der Waals surface area contributed by atoms with Gasteiger partial charge in [0.25, 0.3) is 0 Å². The highest BCUT2D eigenvalue weighted by molar-refractivity contribution is 7.99. The molecule has 1 aromatic carbocycles. The summed E-state index contributed by atoms with van der Waals surface area (Å²) >= 11 is 1.84. The van der Waals surface area contributed by atoms with Gasteiger partial charge in [0.2, 0.25) is 0 Å². The molecule has 0 aromatic heterocycles. The second-order valence-corrected chi connectivity index (χ2v) is 4.71. The lowest BCUT2D eigenvalue weighted by molar-refractivity contribution is 0.637. The van der Waals surface area contributed by atoms with Crippen molar-refractivity contribution in [3.8, 4) is 0 Å². The topological polar surface area (TPSA) is 52.0 Å². The number of anilines is 2. The van der Waals surface area contributed by atoms with Gasteiger partial charge in [0, 0.05) is 10.6 Å². The highest BCUT2D eigenvalue weighted by Gasteiger charge is 2.02. The van der Waals surface area contributed by atoms with Crippen LogP contribution in [0.3, 0.4) is 0 Å². The number of hydrogen-bond acceptors (Lipinski definition) is 3. The minimum absolute atomic E-state index is 0.665. The van der Waals surface area contributed by atoms with E-state index >= 15 is 0 Å². The van der Waals surface area contributed by atoms with Gasteiger partial charge in [0.15, 0.2) is 0 Å². The molecule has 1 unspecified atom stereocenters. The summed E-state index contributed by atoms with van der Waals surface area (Å²) in [5, 5.41) is 0. The zero-order chi connectivity index (χ0) is 10.6. The normalized spacial score (nSPS) is 12.7. The zero-order valence-corrected chi connectivity index (χ0v) is 9.60. The van der Waals surface area contributed by atoms with E-state index in [9.17, 15) is 0 Å². The summed E-state index contributed by atoms with van der Waals surface area (Å²) in [6, 6.07) is 5.84. The molecule has 1 rings (SSSR count). The molecule has 78 valence electrons. The summed E-state index contributed by atoms with van der Waals surface area (Å²) in [7, 11) is 0. The number of nitrogens with two attached hydrogens (primary N) is 2. The molecule has 0 aliphatic heterocycles. The molecule has 0 radical (unpaired) electrons. The Hall–Kier alpha value is -0.830. The Balaban J connectivity index is 2.55. The van der Waals surface area contributed by atoms with E-state index < -0.39 is 0 Å². The van der Waals surface area contributed by atoms with E-state index in [2.05, 4.69) is 13.8 Å². The van der Waals surface area contributed by atoms with Crippen LogP contribution in [0.4, 0.5) is 11.4 Å². The Morgan fingerprint density at radius 1 is 1.29 bits per heavy atom. The molecule has 14 heavy (non-hydrogen) atoms. The molecule has 0 fully saturated rings. The minimum atomic E-state index is 0.665. The van der Waals surface area contributed by atoms with Crippen molar-refractivity contribution in [2.75, 3.05) is 17.2 Å². The number of rotatable bonds is 4. The van der Waals surface area contributed by atoms with E-state index in [4.69, 9.17) is 11.5 Å². The molecule has 0 aliphatic rings. The molecular weight excluding hydrogens is 192 g/mol. The van der Waals surface area contributed by atoms with Gasteiger partial charge in [-0.3, -0.25) is 0 Å². The number of benzene rings is 1. The second kappa shape index (κ2) is 5.15. The number of thioether (sulfide) groups is 1. The fourth-order valence-corrected chi connectivity index (χ4v) is 2.09. The lowest BCUT2D eigenvalue weighted by atomic mass is 10.2. The molecule has 0 spiro atoms. The molecule has 4 N–H and O–H groups in total. The van der Waals surface area contributed by atoms with Crippen LogP contribution in [0.5, 0.6) is 0 Å². The fraction of sp³-hybridized carbons (Fsp3) is 0.455. The SMILES string of the molecule is CCC(C)CSc1ccc(N)c(N)c1. The van der Waals surface area contributed by atoms with Gasteiger partial charge in [-0.25, -0.2) is 0 Å². The zero-order valence-electron chi connectivity index (χ0n) is 8.79. The van der Waals surface area contributed by atoms with Crippen molar-refractivity contribution >= 4 is 23.1 Å². The summed E-state index contributed by atoms with van der Waals surface area (Å²) in [6.07, 6.45) is 1.22. The Bertz CT molecular complexity index is 299. The van der Waals surface area contributed by atoms with Crippen LogP contribution >= 0.6 is 11.8 Å². The van der Waals surface area contributed by atoms with Gasteiger partial charge in [0.05, 0.1) is 11.4 Å². The molecule has 3 heteroatoms. The third kappa shape index (κ3) is 3.14. The lowest BCUT2D eigenvalue weighted by Gasteiger charge is -2.08. The molecule has 0 aliphatic carbocycles. The van der Waals surface area contributed by atoms with Crippen LogP contribution in [-0.2, 0) is 0 Å². The van der Waals surface area contributed by atoms with Crippen LogP contribution in [-0.4, -0.2) is 5.75 Å². The Kier molecular flexibility index (Phi) is 4.14. The standard InChI is InChI=1S/C11H18N2S/c1-3-8(2)7-14-9-4-5-10(12)11(13)6-9/h4-6,8H,3,7,12-13H2,1-2H3. The van der Waals surface area contributed by atoms with Crippen molar-refractivity contribution in [2.45, 2.75) is 25.2 Å². The van der Waals surface area contributed by atoms with Gasteiger partial charge in [-0.1, -0.05) is 20.3 Å². The number of hydrogen-bond donors (Lipinski definition) is 2. The first kappa shape index (κ1) is 11.2. The minimum Gasteiger partial charge on any atom is -0.397 e. The predicted molar refractivity (Wildman–Crippen MR) is 65.4 cm³/mol. The van der Waals surface area contributed by atoms with Crippen LogP contribution in [0, 0.1) is 5.92 Å². The molecule has 0 saturated carbocycles. The summed E-state index contributed by atoms with van der Waals surface area (Å²) in [4.78, 5) is 1.21. The molecule has 1 atom stereocenters. The van der Waals surface area contributed by atoms with Gasteiger partial charge >= 0.3 is 0 Å². The van der Waals surface area contributed by atoms with Crippen molar-refractivity contribution in [3.05, 3.63) is 18.2 Å². The second-order valence-electron chi connectivity index (χ2n) is 3.62. The van der Waals surface area contributed by atoms with Crippen molar-refractivity contribution in [3.63, 3.8) is 0 Å². The quantitative estimate of drug-likeness (QED) is 0.593. The first-order valence-corrected chi connectivity index (χ1v) is 5.89. The van der Waals surface area contributed by atoms with Crippen LogP contribution in [0.15, 0.2) is 23.1 Å². The lowest BCUT2D eigenvalue weighted by Crippen LogP contribution is -1.97. The van der Waals surface area contributed by atoms with E-state index in [1.165, 1.54) is 11.3 Å². The van der Waals surface area contributed by atoms with E-state index in [0.29, 0.717) is 11.4 Å². The Morgan fingerprint density at radius 2 is 2.00 bits per heavy atom. The molecular formula is C11H18N2S. The fourth-order valence-electron chi connectivity index (χ4n) is 0.999. The van der Waals surface area contributed by atoms with Crippen LogP contribution < -0.4 is 11.5 Å². The third-order valence-corrected chi connectivity index (χ3v) is 3.61. The maximum Gasteiger partial charge on any atom is 0.0559 e. The monoisotopic (exact) mass is 210 g/mol. The molecule has 1 aromatic rings. The van der Waals surface area contributed by atoms with Crippen molar-refractivity contribution in [1.82, 2.24) is 0 Å². The van der Waals surface area contributed by atoms with Crippen molar-refractivity contribution in [1.29, 1.82) is 0 Å². The average molecular weight is 210 g/mol. The predicted octanol–water partition coefficient (Wildman–Crippen LogP) is 2.99. The Morgan fingerprint density at radius 3 is 2.57 bits per heavy atom. The van der Waals surface area contributed by atoms with Crippen molar-refractivity contribution < 1.29 is 0 Å². The van der Waals surface area contributed by atoms with Crippen LogP contribution in [0.25, 0.3) is 0 Å². The van der Waals surface area contributed by atoms with E-state index in [1.807, 2.05) is 30.0 Å². The van der Waals surface area contributed by atoms with Gasteiger partial charge in [-0.05, 0) is 24.1 Å². The summed E-state index contributed by atoms with van der Waals surface area (Å²) in [5.41, 5.74) is 12.7. The molecule has 0 saturated heterocycles. The highest BCUT2D eigenvalue weighted by Crippen LogP contribution is 2.26. The molecule has 2 nitrogen and oxygen atoms in total. The summed E-state index contributed by atoms with van der Waals surface area (Å²) < 4.78 is 0. The largest absolute Gasteiger partial charge is 0.397 e. The average Bonchev–Trinajstić information content (AvgIpc) is 2.19. The van der Waals surface area contributed by atoms with E-state index in [0.717, 1.165) is 11.7 Å². The van der Waals surface area contributed by atoms with Crippen LogP contribution in [0.1, 0.15) is 20.3 Å². The third-order valence-electron chi connectivity index (χ3n) is 2.29. The molecule has 0 amide bonds. The maximum absolute atomic E-state index is 5.72. The van der Waals surface area contributed by atoms with Gasteiger partial charge in [0.1, 0.15) is 0 Å². The highest BCUT2D eigenvalue weighted by atomic mass is 32.2. The summed E-state index contributed by atoms with van der Waals surface area (Å²) in [5.74, 6) is 1.89. The Labute approximate surface area is 90.1 Å². The smallest absolute Gasteiger partial charge is 0.0559 e. The maximum atomic E-state index is 5.72. The first-order chi connectivity index (χ1) is 6.63. The van der Waals surface area contributed by atoms with E-state index in [-0.39, 0.29) is 0 Å². The van der Waals surface area contributed by atoms with Crippen molar-refractivity contribution in [2.24, 2.45) is 5.92 Å². The van der Waals surface area contributed by atoms with Gasteiger partial charge in [-0.15, -0.1) is 11.8 Å². The van der Waals surface area contributed by atoms with Gasteiger partial charge < -0.3 is 11.5 Å². The summed E-state index contributed by atoms with van der Waals surface area (Å²) in [6.45, 7) is 4.47. The molecule has 0 bridgehead atoms. The van der Waals surface area contributed by atoms with Gasteiger partial charge in [-0.2, -0.15) is 0 Å². The van der Waals surface area contributed by atoms with Crippen LogP contribution in [0.2, 0.25) is 0 Å². The van der Waals surface area contributed by atoms with E-state index in [1.54, 1.807) is 0 Å². The number of nitrogen functional groups attached to an aromatic ring is 2. The first-order valence-electron chi connectivity index (χ1n) is 4.91. The molecule has 0 heterocycles.